The molecule has 0 saturated heterocycles. The van der Waals surface area contributed by atoms with Gasteiger partial charge in [-0.05, 0) is 49.1 Å². The minimum atomic E-state index is 0.464. The van der Waals surface area contributed by atoms with Gasteiger partial charge in [-0.25, -0.2) is 0 Å². The smallest absolute Gasteiger partial charge is 0.119 e. The molecule has 1 aromatic carbocycles. The molecule has 88 valence electrons. The van der Waals surface area contributed by atoms with E-state index in [0.717, 1.165) is 29.4 Å². The quantitative estimate of drug-likeness (QED) is 0.699. The lowest BCUT2D eigenvalue weighted by molar-refractivity contribution is 0.0955. The molecule has 0 aliphatic heterocycles. The Morgan fingerprint density at radius 1 is 1.00 bits per heavy atom. The summed E-state index contributed by atoms with van der Waals surface area (Å²) in [7, 11) is 0. The highest BCUT2D eigenvalue weighted by atomic mass is 16.5. The third-order valence-corrected chi connectivity index (χ3v) is 4.98. The topological polar surface area (TPSA) is 9.23 Å². The van der Waals surface area contributed by atoms with E-state index >= 15 is 0 Å². The summed E-state index contributed by atoms with van der Waals surface area (Å²) < 4.78 is 6.18. The van der Waals surface area contributed by atoms with Crippen LogP contribution in [0.5, 0.6) is 5.75 Å². The van der Waals surface area contributed by atoms with E-state index in [1.807, 2.05) is 6.07 Å². The molecule has 5 atom stereocenters. The first-order valence-corrected chi connectivity index (χ1v) is 6.80. The van der Waals surface area contributed by atoms with E-state index in [1.54, 1.807) is 0 Å². The van der Waals surface area contributed by atoms with Crippen LogP contribution in [0.2, 0.25) is 0 Å². The Kier molecular flexibility index (Phi) is 2.08. The summed E-state index contributed by atoms with van der Waals surface area (Å²) in [5.41, 5.74) is 0. The molecule has 1 heteroatoms. The summed E-state index contributed by atoms with van der Waals surface area (Å²) >= 11 is 0. The van der Waals surface area contributed by atoms with Gasteiger partial charge in [0, 0.05) is 5.92 Å². The summed E-state index contributed by atoms with van der Waals surface area (Å²) in [6, 6.07) is 10.3. The van der Waals surface area contributed by atoms with Crippen molar-refractivity contribution >= 4 is 0 Å². The van der Waals surface area contributed by atoms with Gasteiger partial charge < -0.3 is 4.74 Å². The fraction of sp³-hybridized carbons (Fsp3) is 0.500. The van der Waals surface area contributed by atoms with Crippen molar-refractivity contribution in [2.45, 2.75) is 25.4 Å². The molecule has 17 heavy (non-hydrogen) atoms. The van der Waals surface area contributed by atoms with E-state index in [1.165, 1.54) is 19.3 Å². The highest BCUT2D eigenvalue weighted by molar-refractivity contribution is 5.23. The van der Waals surface area contributed by atoms with Gasteiger partial charge in [-0.3, -0.25) is 0 Å². The van der Waals surface area contributed by atoms with Crippen molar-refractivity contribution in [2.75, 3.05) is 0 Å². The van der Waals surface area contributed by atoms with Gasteiger partial charge in [0.2, 0.25) is 0 Å². The molecule has 1 nitrogen and oxygen atoms in total. The molecule has 0 unspecified atom stereocenters. The molecule has 0 amide bonds. The van der Waals surface area contributed by atoms with Gasteiger partial charge in [-0.15, -0.1) is 0 Å². The van der Waals surface area contributed by atoms with Crippen molar-refractivity contribution in [3.8, 4) is 5.75 Å². The number of ether oxygens (including phenoxy) is 1. The van der Waals surface area contributed by atoms with Crippen LogP contribution in [0.3, 0.4) is 0 Å². The molecule has 0 N–H and O–H groups in total. The summed E-state index contributed by atoms with van der Waals surface area (Å²) in [5, 5.41) is 0. The third-order valence-electron chi connectivity index (χ3n) is 4.98. The number of benzene rings is 1. The van der Waals surface area contributed by atoms with Gasteiger partial charge in [0.25, 0.3) is 0 Å². The number of fused-ring (bicyclic) bond motifs is 5. The molecule has 0 heterocycles. The summed E-state index contributed by atoms with van der Waals surface area (Å²) in [5.74, 6) is 4.53. The van der Waals surface area contributed by atoms with Gasteiger partial charge in [-0.1, -0.05) is 30.4 Å². The van der Waals surface area contributed by atoms with Crippen LogP contribution >= 0.6 is 0 Å². The van der Waals surface area contributed by atoms with E-state index in [0.29, 0.717) is 6.10 Å². The molecule has 1 aromatic rings. The van der Waals surface area contributed by atoms with Crippen LogP contribution in [0.15, 0.2) is 42.5 Å². The summed E-state index contributed by atoms with van der Waals surface area (Å²) in [4.78, 5) is 0. The Bertz CT molecular complexity index is 436. The van der Waals surface area contributed by atoms with Crippen LogP contribution in [0.25, 0.3) is 0 Å². The SMILES string of the molecule is C1=C[C@@H]2[C@H](C1)[C@@H]1C[C@@H]2[C@H](Oc2ccccc2)C1. The normalized spacial score (nSPS) is 41.8. The fourth-order valence-electron chi connectivity index (χ4n) is 4.29. The van der Waals surface area contributed by atoms with E-state index < -0.39 is 0 Å². The van der Waals surface area contributed by atoms with E-state index in [4.69, 9.17) is 4.74 Å². The van der Waals surface area contributed by atoms with Gasteiger partial charge in [0.05, 0.1) is 0 Å². The summed E-state index contributed by atoms with van der Waals surface area (Å²) in [6.45, 7) is 0. The first-order valence-electron chi connectivity index (χ1n) is 6.80. The van der Waals surface area contributed by atoms with Crippen LogP contribution in [0, 0.1) is 23.7 Å². The Labute approximate surface area is 102 Å². The molecule has 0 aromatic heterocycles. The molecular weight excluding hydrogens is 208 g/mol. The number of para-hydroxylation sites is 1. The van der Waals surface area contributed by atoms with Crippen molar-refractivity contribution in [3.63, 3.8) is 0 Å². The maximum Gasteiger partial charge on any atom is 0.119 e. The van der Waals surface area contributed by atoms with Crippen molar-refractivity contribution in [3.05, 3.63) is 42.5 Å². The maximum absolute atomic E-state index is 6.18. The van der Waals surface area contributed by atoms with Crippen LogP contribution < -0.4 is 4.74 Å². The number of hydrogen-bond donors (Lipinski definition) is 0. The first kappa shape index (κ1) is 9.76. The van der Waals surface area contributed by atoms with Gasteiger partial charge in [-0.2, -0.15) is 0 Å². The van der Waals surface area contributed by atoms with Crippen LogP contribution in [0.4, 0.5) is 0 Å². The Morgan fingerprint density at radius 3 is 2.76 bits per heavy atom. The number of rotatable bonds is 2. The lowest BCUT2D eigenvalue weighted by Gasteiger charge is -2.31. The van der Waals surface area contributed by atoms with Crippen LogP contribution in [-0.4, -0.2) is 6.10 Å². The van der Waals surface area contributed by atoms with Gasteiger partial charge in [0.1, 0.15) is 11.9 Å². The van der Waals surface area contributed by atoms with Crippen molar-refractivity contribution in [1.82, 2.24) is 0 Å². The molecule has 3 aliphatic rings. The Balaban J connectivity index is 1.53. The highest BCUT2D eigenvalue weighted by Crippen LogP contribution is 2.57. The minimum Gasteiger partial charge on any atom is -0.490 e. The van der Waals surface area contributed by atoms with Gasteiger partial charge >= 0.3 is 0 Å². The molecule has 2 saturated carbocycles. The van der Waals surface area contributed by atoms with Crippen molar-refractivity contribution in [2.24, 2.45) is 23.7 Å². The van der Waals surface area contributed by atoms with Crippen molar-refractivity contribution < 1.29 is 4.74 Å². The van der Waals surface area contributed by atoms with Crippen LogP contribution in [0.1, 0.15) is 19.3 Å². The average Bonchev–Trinajstić information content (AvgIpc) is 3.01. The second-order valence-corrected chi connectivity index (χ2v) is 5.77. The van der Waals surface area contributed by atoms with E-state index in [9.17, 15) is 0 Å². The maximum atomic E-state index is 6.18. The fourth-order valence-corrected chi connectivity index (χ4v) is 4.29. The highest BCUT2D eigenvalue weighted by Gasteiger charge is 2.53. The first-order chi connectivity index (χ1) is 8.42. The Morgan fingerprint density at radius 2 is 1.88 bits per heavy atom. The minimum absolute atomic E-state index is 0.464. The standard InChI is InChI=1S/C16H18O/c1-2-5-12(6-3-1)17-16-10-11-9-15(16)14-8-4-7-13(11)14/h1-6,8,11,13-16H,7,9-10H2/t11-,13-,14-,15+,16-/m1/s1. The molecular formula is C16H18O. The molecule has 2 bridgehead atoms. The van der Waals surface area contributed by atoms with Crippen molar-refractivity contribution in [1.29, 1.82) is 0 Å². The van der Waals surface area contributed by atoms with Gasteiger partial charge in [0.15, 0.2) is 0 Å². The zero-order chi connectivity index (χ0) is 11.2. The molecule has 3 aliphatic carbocycles. The molecule has 0 spiro atoms. The summed E-state index contributed by atoms with van der Waals surface area (Å²) in [6.07, 6.45) is 9.31. The molecule has 2 fully saturated rings. The van der Waals surface area contributed by atoms with Crippen LogP contribution in [-0.2, 0) is 0 Å². The second-order valence-electron chi connectivity index (χ2n) is 5.77. The number of allylic oxidation sites excluding steroid dienone is 2. The molecule has 4 rings (SSSR count). The predicted octanol–water partition coefficient (Wildman–Crippen LogP) is 3.67. The number of hydrogen-bond acceptors (Lipinski definition) is 1. The lowest BCUT2D eigenvalue weighted by atomic mass is 9.80. The predicted molar refractivity (Wildman–Crippen MR) is 67.8 cm³/mol. The van der Waals surface area contributed by atoms with E-state index in [2.05, 4.69) is 36.4 Å². The van der Waals surface area contributed by atoms with E-state index in [-0.39, 0.29) is 0 Å². The largest absolute Gasteiger partial charge is 0.490 e. The zero-order valence-corrected chi connectivity index (χ0v) is 9.96. The second kappa shape index (κ2) is 3.63. The third kappa shape index (κ3) is 1.45. The monoisotopic (exact) mass is 226 g/mol. The average molecular weight is 226 g/mol. The molecule has 0 radical (unpaired) electrons. The zero-order valence-electron chi connectivity index (χ0n) is 9.96. The Hall–Kier alpha value is -1.24. The lowest BCUT2D eigenvalue weighted by Crippen LogP contribution is -2.32.